The van der Waals surface area contributed by atoms with E-state index in [1.165, 1.54) is 37.1 Å². The summed E-state index contributed by atoms with van der Waals surface area (Å²) in [5.74, 6) is 0.769. The molecule has 25 heavy (non-hydrogen) atoms. The van der Waals surface area contributed by atoms with Crippen molar-refractivity contribution in [1.29, 1.82) is 0 Å². The Kier molecular flexibility index (Phi) is 4.58. The maximum atomic E-state index is 11.5. The number of amidine groups is 1. The number of hydrogen-bond acceptors (Lipinski definition) is 8. The average molecular weight is 363 g/mol. The number of benzene rings is 1. The highest BCUT2D eigenvalue weighted by Crippen LogP contribution is 2.45. The molecule has 0 bridgehead atoms. The molecule has 0 spiro atoms. The number of phenolic OH excluding ortho intramolecular Hbond substituents is 1. The van der Waals surface area contributed by atoms with Crippen molar-refractivity contribution in [3.05, 3.63) is 17.9 Å². The first kappa shape index (κ1) is 17.2. The van der Waals surface area contributed by atoms with Crippen LogP contribution in [0.1, 0.15) is 12.5 Å². The van der Waals surface area contributed by atoms with E-state index in [-0.39, 0.29) is 17.4 Å². The number of amides is 1. The number of carbonyl (C=O) groups excluding carboxylic acids is 1. The van der Waals surface area contributed by atoms with Gasteiger partial charge in [0.2, 0.25) is 11.7 Å². The van der Waals surface area contributed by atoms with Crippen LogP contribution in [0.15, 0.2) is 26.9 Å². The van der Waals surface area contributed by atoms with Gasteiger partial charge in [-0.15, -0.1) is 5.10 Å². The first-order valence-corrected chi connectivity index (χ1v) is 8.34. The summed E-state index contributed by atoms with van der Waals surface area (Å²) >= 11 is 1.31. The van der Waals surface area contributed by atoms with Gasteiger partial charge >= 0.3 is 0 Å². The van der Waals surface area contributed by atoms with Crippen molar-refractivity contribution in [1.82, 2.24) is 4.90 Å². The highest BCUT2D eigenvalue weighted by Gasteiger charge is 2.26. The Morgan fingerprint density at radius 2 is 2.08 bits per heavy atom. The number of phenols is 1. The average Bonchev–Trinajstić information content (AvgIpc) is 3.20. The molecule has 1 aliphatic rings. The molecule has 1 fully saturated rings. The molecule has 1 aromatic heterocycles. The van der Waals surface area contributed by atoms with Crippen LogP contribution in [0.4, 0.5) is 0 Å². The van der Waals surface area contributed by atoms with E-state index in [1.54, 1.807) is 20.0 Å². The van der Waals surface area contributed by atoms with Crippen molar-refractivity contribution < 1.29 is 23.8 Å². The van der Waals surface area contributed by atoms with E-state index in [1.807, 2.05) is 0 Å². The lowest BCUT2D eigenvalue weighted by Crippen LogP contribution is -2.24. The SMILES string of the molecule is COc1c(/C(C)=N/N=C2/SCC(=O)N2C)c(O)c(OC)c2occc12. The second-order valence-corrected chi connectivity index (χ2v) is 6.21. The van der Waals surface area contributed by atoms with E-state index in [0.29, 0.717) is 38.9 Å². The Morgan fingerprint density at radius 3 is 2.68 bits per heavy atom. The zero-order valence-corrected chi connectivity index (χ0v) is 15.0. The molecule has 0 atom stereocenters. The molecule has 2 heterocycles. The van der Waals surface area contributed by atoms with E-state index in [0.717, 1.165) is 0 Å². The number of furan rings is 1. The number of fused-ring (bicyclic) bond motifs is 1. The van der Waals surface area contributed by atoms with Crippen molar-refractivity contribution in [2.45, 2.75) is 6.92 Å². The summed E-state index contributed by atoms with van der Waals surface area (Å²) in [4.78, 5) is 13.0. The van der Waals surface area contributed by atoms with Crippen LogP contribution in [0.2, 0.25) is 0 Å². The van der Waals surface area contributed by atoms with Gasteiger partial charge in [-0.2, -0.15) is 5.10 Å². The Balaban J connectivity index is 2.14. The monoisotopic (exact) mass is 363 g/mol. The van der Waals surface area contributed by atoms with Gasteiger partial charge in [0.15, 0.2) is 16.5 Å². The number of aromatic hydroxyl groups is 1. The van der Waals surface area contributed by atoms with Gasteiger partial charge in [0.1, 0.15) is 5.75 Å². The van der Waals surface area contributed by atoms with Crippen LogP contribution in [0.5, 0.6) is 17.2 Å². The van der Waals surface area contributed by atoms with Crippen LogP contribution in [0.3, 0.4) is 0 Å². The molecule has 9 heteroatoms. The zero-order chi connectivity index (χ0) is 18.1. The standard InChI is InChI=1S/C16H17N3O5S/c1-8(17-18-16-19(2)10(20)7-25-16)11-12(21)15(23-4)14-9(5-6-24-14)13(11)22-3/h5-6,21H,7H2,1-4H3/b17-8+,18-16+. The Morgan fingerprint density at radius 1 is 1.36 bits per heavy atom. The van der Waals surface area contributed by atoms with Crippen molar-refractivity contribution in [2.24, 2.45) is 10.2 Å². The maximum Gasteiger partial charge on any atom is 0.238 e. The molecule has 1 saturated heterocycles. The number of methoxy groups -OCH3 is 2. The van der Waals surface area contributed by atoms with Gasteiger partial charge in [-0.25, -0.2) is 0 Å². The molecule has 132 valence electrons. The lowest BCUT2D eigenvalue weighted by atomic mass is 10.0. The van der Waals surface area contributed by atoms with E-state index < -0.39 is 0 Å². The number of carbonyl (C=O) groups is 1. The van der Waals surface area contributed by atoms with Gasteiger partial charge in [-0.1, -0.05) is 11.8 Å². The largest absolute Gasteiger partial charge is 0.504 e. The van der Waals surface area contributed by atoms with Gasteiger partial charge in [0.25, 0.3) is 0 Å². The smallest absolute Gasteiger partial charge is 0.238 e. The highest BCUT2D eigenvalue weighted by atomic mass is 32.2. The molecule has 8 nitrogen and oxygen atoms in total. The second kappa shape index (κ2) is 6.67. The van der Waals surface area contributed by atoms with Gasteiger partial charge in [0.05, 0.1) is 42.9 Å². The second-order valence-electron chi connectivity index (χ2n) is 5.26. The van der Waals surface area contributed by atoms with Crippen LogP contribution >= 0.6 is 11.8 Å². The first-order valence-electron chi connectivity index (χ1n) is 7.35. The third kappa shape index (κ3) is 2.80. The summed E-state index contributed by atoms with van der Waals surface area (Å²) in [5, 5.41) is 20.0. The molecule has 1 aromatic carbocycles. The van der Waals surface area contributed by atoms with E-state index in [2.05, 4.69) is 10.2 Å². The number of rotatable bonds is 4. The van der Waals surface area contributed by atoms with E-state index >= 15 is 0 Å². The van der Waals surface area contributed by atoms with Crippen LogP contribution in [0.25, 0.3) is 11.0 Å². The lowest BCUT2D eigenvalue weighted by Gasteiger charge is -2.14. The molecule has 3 rings (SSSR count). The number of ether oxygens (including phenoxy) is 2. The number of thioether (sulfide) groups is 1. The molecular weight excluding hydrogens is 346 g/mol. The summed E-state index contributed by atoms with van der Waals surface area (Å²) in [6, 6.07) is 1.72. The van der Waals surface area contributed by atoms with Crippen LogP contribution in [-0.2, 0) is 4.79 Å². The van der Waals surface area contributed by atoms with Crippen molar-refractivity contribution in [3.63, 3.8) is 0 Å². The molecule has 2 aromatic rings. The maximum absolute atomic E-state index is 11.5. The predicted octanol–water partition coefficient (Wildman–Crippen LogP) is 2.44. The topological polar surface area (TPSA) is 96.9 Å². The summed E-state index contributed by atoms with van der Waals surface area (Å²) in [7, 11) is 4.58. The van der Waals surface area contributed by atoms with E-state index in [4.69, 9.17) is 13.9 Å². The summed E-state index contributed by atoms with van der Waals surface area (Å²) < 4.78 is 16.1. The summed E-state index contributed by atoms with van der Waals surface area (Å²) in [6.45, 7) is 1.69. The Hall–Kier alpha value is -2.68. The Labute approximate surface area is 148 Å². The third-order valence-corrected chi connectivity index (χ3v) is 4.84. The summed E-state index contributed by atoms with van der Waals surface area (Å²) in [6.07, 6.45) is 1.49. The van der Waals surface area contributed by atoms with Gasteiger partial charge in [-0.05, 0) is 13.0 Å². The molecule has 0 aliphatic carbocycles. The Bertz CT molecular complexity index is 903. The molecular formula is C16H17N3O5S. The minimum atomic E-state index is -0.147. The van der Waals surface area contributed by atoms with Crippen molar-refractivity contribution in [3.8, 4) is 17.2 Å². The normalized spacial score (nSPS) is 17.0. The summed E-state index contributed by atoms with van der Waals surface area (Å²) in [5.41, 5.74) is 1.16. The minimum Gasteiger partial charge on any atom is -0.504 e. The van der Waals surface area contributed by atoms with Crippen molar-refractivity contribution in [2.75, 3.05) is 27.0 Å². The van der Waals surface area contributed by atoms with Crippen molar-refractivity contribution >= 4 is 39.5 Å². The molecule has 0 saturated carbocycles. The number of nitrogens with zero attached hydrogens (tertiary/aromatic N) is 3. The zero-order valence-electron chi connectivity index (χ0n) is 14.2. The van der Waals surface area contributed by atoms with Crippen LogP contribution < -0.4 is 9.47 Å². The van der Waals surface area contributed by atoms with Gasteiger partial charge in [0, 0.05) is 7.05 Å². The highest BCUT2D eigenvalue weighted by molar-refractivity contribution is 8.15. The molecule has 0 unspecified atom stereocenters. The molecule has 1 aliphatic heterocycles. The first-order chi connectivity index (χ1) is 12.0. The minimum absolute atomic E-state index is 0.0292. The lowest BCUT2D eigenvalue weighted by molar-refractivity contribution is -0.123. The predicted molar refractivity (Wildman–Crippen MR) is 95.9 cm³/mol. The molecule has 1 amide bonds. The van der Waals surface area contributed by atoms with E-state index in [9.17, 15) is 9.90 Å². The third-order valence-electron chi connectivity index (χ3n) is 3.84. The van der Waals surface area contributed by atoms with Crippen LogP contribution in [0, 0.1) is 0 Å². The molecule has 1 N–H and O–H groups in total. The molecule has 0 radical (unpaired) electrons. The van der Waals surface area contributed by atoms with Gasteiger partial charge in [-0.3, -0.25) is 9.69 Å². The van der Waals surface area contributed by atoms with Gasteiger partial charge < -0.3 is 19.0 Å². The number of hydrogen-bond donors (Lipinski definition) is 1. The fraction of sp³-hybridized carbons (Fsp3) is 0.312. The quantitative estimate of drug-likeness (QED) is 0.662. The fourth-order valence-corrected chi connectivity index (χ4v) is 3.39. The fourth-order valence-electron chi connectivity index (χ4n) is 2.55. The van der Waals surface area contributed by atoms with Crippen LogP contribution in [-0.4, -0.2) is 53.8 Å².